The van der Waals surface area contributed by atoms with Crippen molar-refractivity contribution in [3.8, 4) is 5.75 Å². The van der Waals surface area contributed by atoms with Crippen molar-refractivity contribution in [2.75, 3.05) is 13.7 Å². The molecule has 29 heavy (non-hydrogen) atoms. The van der Waals surface area contributed by atoms with Crippen LogP contribution in [0.25, 0.3) is 10.9 Å². The number of benzene rings is 2. The van der Waals surface area contributed by atoms with E-state index in [4.69, 9.17) is 4.74 Å². The van der Waals surface area contributed by atoms with Crippen molar-refractivity contribution in [2.45, 2.75) is 32.1 Å². The van der Waals surface area contributed by atoms with Crippen LogP contribution in [-0.4, -0.2) is 24.5 Å². The van der Waals surface area contributed by atoms with Gasteiger partial charge in [-0.3, -0.25) is 9.59 Å². The molecule has 0 spiro atoms. The molecule has 6 heteroatoms. The first-order chi connectivity index (χ1) is 14.0. The van der Waals surface area contributed by atoms with Gasteiger partial charge in [-0.15, -0.1) is 0 Å². The summed E-state index contributed by atoms with van der Waals surface area (Å²) in [5.41, 5.74) is 2.11. The quantitative estimate of drug-likeness (QED) is 0.606. The van der Waals surface area contributed by atoms with Gasteiger partial charge in [0.05, 0.1) is 12.6 Å². The van der Waals surface area contributed by atoms with Crippen LogP contribution in [0.1, 0.15) is 36.8 Å². The molecule has 2 aromatic carbocycles. The lowest BCUT2D eigenvalue weighted by molar-refractivity contribution is -0.121. The lowest BCUT2D eigenvalue weighted by atomic mass is 9.93. The molecule has 0 aliphatic carbocycles. The van der Waals surface area contributed by atoms with Crippen molar-refractivity contribution >= 4 is 16.8 Å². The molecule has 5 nitrogen and oxygen atoms in total. The first-order valence-electron chi connectivity index (χ1n) is 9.72. The number of hydrogen-bond acceptors (Lipinski definition) is 3. The minimum Gasteiger partial charge on any atom is -0.497 e. The summed E-state index contributed by atoms with van der Waals surface area (Å²) in [5.74, 6) is 0.352. The van der Waals surface area contributed by atoms with Crippen LogP contribution in [0.5, 0.6) is 5.75 Å². The van der Waals surface area contributed by atoms with E-state index >= 15 is 0 Å². The Balaban J connectivity index is 1.58. The smallest absolute Gasteiger partial charge is 0.251 e. The van der Waals surface area contributed by atoms with Crippen LogP contribution in [0.3, 0.4) is 0 Å². The standard InChI is InChI=1S/C23H25FN2O3/c1-3-15(16-4-7-19(24)8-5-16)13-22(27)25-11-10-18-12-17-6-9-20(29-2)14-21(17)26-23(18)28/h4-9,12,14-15H,3,10-11,13H2,1-2H3,(H,25,27)(H,26,28). The third-order valence-electron chi connectivity index (χ3n) is 5.11. The molecular formula is C23H25FN2O3. The summed E-state index contributed by atoms with van der Waals surface area (Å²) in [6.07, 6.45) is 1.55. The number of aromatic nitrogens is 1. The van der Waals surface area contributed by atoms with E-state index in [9.17, 15) is 14.0 Å². The van der Waals surface area contributed by atoms with Crippen molar-refractivity contribution in [1.82, 2.24) is 10.3 Å². The van der Waals surface area contributed by atoms with Gasteiger partial charge in [-0.1, -0.05) is 19.1 Å². The molecule has 0 saturated carbocycles. The van der Waals surface area contributed by atoms with Crippen molar-refractivity contribution < 1.29 is 13.9 Å². The zero-order valence-electron chi connectivity index (χ0n) is 16.6. The number of rotatable bonds is 8. The van der Waals surface area contributed by atoms with Crippen molar-refractivity contribution in [3.05, 3.63) is 75.8 Å². The number of ether oxygens (including phenoxy) is 1. The summed E-state index contributed by atoms with van der Waals surface area (Å²) in [6, 6.07) is 13.6. The molecule has 1 aromatic heterocycles. The number of aromatic amines is 1. The summed E-state index contributed by atoms with van der Waals surface area (Å²) in [7, 11) is 1.58. The summed E-state index contributed by atoms with van der Waals surface area (Å²) in [6.45, 7) is 2.38. The number of fused-ring (bicyclic) bond motifs is 1. The minimum absolute atomic E-state index is 0.0367. The molecule has 0 fully saturated rings. The fourth-order valence-corrected chi connectivity index (χ4v) is 3.40. The predicted molar refractivity (Wildman–Crippen MR) is 112 cm³/mol. The fourth-order valence-electron chi connectivity index (χ4n) is 3.40. The Bertz CT molecular complexity index is 1040. The van der Waals surface area contributed by atoms with Crippen LogP contribution in [0.2, 0.25) is 0 Å². The highest BCUT2D eigenvalue weighted by Crippen LogP contribution is 2.23. The molecule has 2 N–H and O–H groups in total. The number of amides is 1. The second kappa shape index (κ2) is 9.37. The van der Waals surface area contributed by atoms with Gasteiger partial charge in [0.25, 0.3) is 5.56 Å². The van der Waals surface area contributed by atoms with E-state index in [1.54, 1.807) is 25.3 Å². The lowest BCUT2D eigenvalue weighted by Gasteiger charge is -2.15. The maximum Gasteiger partial charge on any atom is 0.251 e. The first kappa shape index (κ1) is 20.6. The van der Waals surface area contributed by atoms with Gasteiger partial charge in [-0.2, -0.15) is 0 Å². The van der Waals surface area contributed by atoms with Gasteiger partial charge in [0.15, 0.2) is 0 Å². The molecule has 0 aliphatic heterocycles. The van der Waals surface area contributed by atoms with Crippen LogP contribution in [0.15, 0.2) is 53.3 Å². The van der Waals surface area contributed by atoms with Gasteiger partial charge in [0.2, 0.25) is 5.91 Å². The second-order valence-electron chi connectivity index (χ2n) is 7.04. The van der Waals surface area contributed by atoms with Crippen molar-refractivity contribution in [1.29, 1.82) is 0 Å². The second-order valence-corrected chi connectivity index (χ2v) is 7.04. The Kier molecular flexibility index (Phi) is 6.65. The molecule has 1 unspecified atom stereocenters. The predicted octanol–water partition coefficient (Wildman–Crippen LogP) is 3.92. The molecule has 1 amide bonds. The van der Waals surface area contributed by atoms with Crippen LogP contribution < -0.4 is 15.6 Å². The van der Waals surface area contributed by atoms with Crippen molar-refractivity contribution in [2.24, 2.45) is 0 Å². The Labute approximate surface area is 168 Å². The topological polar surface area (TPSA) is 71.2 Å². The van der Waals surface area contributed by atoms with Gasteiger partial charge >= 0.3 is 0 Å². The average Bonchev–Trinajstić information content (AvgIpc) is 2.72. The third-order valence-corrected chi connectivity index (χ3v) is 5.11. The fraction of sp³-hybridized carbons (Fsp3) is 0.304. The zero-order chi connectivity index (χ0) is 20.8. The normalized spacial score (nSPS) is 12.0. The Morgan fingerprint density at radius 2 is 1.93 bits per heavy atom. The number of hydrogen-bond donors (Lipinski definition) is 2. The molecule has 152 valence electrons. The molecule has 0 radical (unpaired) electrons. The Hall–Kier alpha value is -3.15. The number of halogens is 1. The highest BCUT2D eigenvalue weighted by Gasteiger charge is 2.14. The third kappa shape index (κ3) is 5.22. The van der Waals surface area contributed by atoms with Gasteiger partial charge in [0.1, 0.15) is 11.6 Å². The van der Waals surface area contributed by atoms with Gasteiger partial charge < -0.3 is 15.0 Å². The maximum absolute atomic E-state index is 13.1. The van der Waals surface area contributed by atoms with Crippen LogP contribution in [0, 0.1) is 5.82 Å². The lowest BCUT2D eigenvalue weighted by Crippen LogP contribution is -2.28. The van der Waals surface area contributed by atoms with Gasteiger partial charge in [-0.25, -0.2) is 4.39 Å². The molecule has 1 heterocycles. The number of carbonyl (C=O) groups excluding carboxylic acids is 1. The molecule has 0 saturated heterocycles. The van der Waals surface area contributed by atoms with E-state index in [0.717, 1.165) is 17.4 Å². The number of carbonyl (C=O) groups is 1. The molecule has 3 rings (SSSR count). The van der Waals surface area contributed by atoms with E-state index in [2.05, 4.69) is 10.3 Å². The van der Waals surface area contributed by atoms with E-state index in [1.807, 2.05) is 25.1 Å². The molecule has 3 aromatic rings. The maximum atomic E-state index is 13.1. The van der Waals surface area contributed by atoms with Gasteiger partial charge in [-0.05, 0) is 60.0 Å². The molecular weight excluding hydrogens is 371 g/mol. The SMILES string of the molecule is CCC(CC(=O)NCCc1cc2ccc(OC)cc2[nH]c1=O)c1ccc(F)cc1. The minimum atomic E-state index is -0.285. The summed E-state index contributed by atoms with van der Waals surface area (Å²) in [5, 5.41) is 3.80. The van der Waals surface area contributed by atoms with Gasteiger partial charge in [0, 0.05) is 24.6 Å². The largest absolute Gasteiger partial charge is 0.497 e. The van der Waals surface area contributed by atoms with E-state index in [0.29, 0.717) is 36.2 Å². The average molecular weight is 396 g/mol. The van der Waals surface area contributed by atoms with E-state index < -0.39 is 0 Å². The van der Waals surface area contributed by atoms with Crippen LogP contribution in [0.4, 0.5) is 4.39 Å². The molecule has 0 aliphatic rings. The zero-order valence-corrected chi connectivity index (χ0v) is 16.6. The Morgan fingerprint density at radius 1 is 1.17 bits per heavy atom. The number of methoxy groups -OCH3 is 1. The molecule has 0 bridgehead atoms. The van der Waals surface area contributed by atoms with E-state index in [1.165, 1.54) is 12.1 Å². The van der Waals surface area contributed by atoms with Crippen LogP contribution >= 0.6 is 0 Å². The highest BCUT2D eigenvalue weighted by molar-refractivity contribution is 5.80. The van der Waals surface area contributed by atoms with Crippen molar-refractivity contribution in [3.63, 3.8) is 0 Å². The van der Waals surface area contributed by atoms with E-state index in [-0.39, 0.29) is 23.2 Å². The summed E-state index contributed by atoms with van der Waals surface area (Å²) >= 11 is 0. The Morgan fingerprint density at radius 3 is 2.62 bits per heavy atom. The monoisotopic (exact) mass is 396 g/mol. The first-order valence-corrected chi connectivity index (χ1v) is 9.72. The van der Waals surface area contributed by atoms with Crippen LogP contribution in [-0.2, 0) is 11.2 Å². The highest BCUT2D eigenvalue weighted by atomic mass is 19.1. The number of pyridine rings is 1. The number of H-pyrrole nitrogens is 1. The molecule has 1 atom stereocenters. The number of nitrogens with one attached hydrogen (secondary N) is 2. The summed E-state index contributed by atoms with van der Waals surface area (Å²) < 4.78 is 18.3. The summed E-state index contributed by atoms with van der Waals surface area (Å²) in [4.78, 5) is 27.5.